The van der Waals surface area contributed by atoms with Gasteiger partial charge in [-0.2, -0.15) is 9.21 Å². The molecule has 1 aliphatic rings. The Morgan fingerprint density at radius 3 is 2.53 bits per heavy atom. The summed E-state index contributed by atoms with van der Waals surface area (Å²) in [6.07, 6.45) is 2.99. The van der Waals surface area contributed by atoms with Crippen molar-refractivity contribution >= 4 is 49.0 Å². The lowest BCUT2D eigenvalue weighted by atomic mass is 10.2. The van der Waals surface area contributed by atoms with Crippen molar-refractivity contribution in [2.45, 2.75) is 10.8 Å². The second-order valence-corrected chi connectivity index (χ2v) is 11.7. The molecule has 4 aromatic rings. The highest BCUT2D eigenvalue weighted by molar-refractivity contribution is 7.91. The minimum absolute atomic E-state index is 0.0159. The van der Waals surface area contributed by atoms with Crippen LogP contribution in [0.2, 0.25) is 5.02 Å². The van der Waals surface area contributed by atoms with Crippen LogP contribution in [0.4, 0.5) is 0 Å². The Hall–Kier alpha value is -3.32. The van der Waals surface area contributed by atoms with Crippen molar-refractivity contribution in [3.63, 3.8) is 0 Å². The van der Waals surface area contributed by atoms with E-state index in [0.717, 1.165) is 10.1 Å². The van der Waals surface area contributed by atoms with E-state index >= 15 is 0 Å². The summed E-state index contributed by atoms with van der Waals surface area (Å²) in [5, 5.41) is 4.21. The van der Waals surface area contributed by atoms with Crippen LogP contribution in [0.5, 0.6) is 0 Å². The molecule has 0 saturated carbocycles. The van der Waals surface area contributed by atoms with Gasteiger partial charge in [-0.05, 0) is 35.7 Å². The molecule has 5 rings (SSSR count). The van der Waals surface area contributed by atoms with E-state index in [9.17, 15) is 18.1 Å². The average molecular weight is 543 g/mol. The predicted octanol–water partition coefficient (Wildman–Crippen LogP) is 3.82. The molecule has 1 saturated heterocycles. The zero-order valence-electron chi connectivity index (χ0n) is 18.7. The van der Waals surface area contributed by atoms with E-state index in [1.807, 2.05) is 0 Å². The van der Waals surface area contributed by atoms with Gasteiger partial charge in [0, 0.05) is 53.9 Å². The van der Waals surface area contributed by atoms with Crippen LogP contribution in [0.1, 0.15) is 16.3 Å². The fourth-order valence-corrected chi connectivity index (χ4v) is 7.12. The highest BCUT2D eigenvalue weighted by Crippen LogP contribution is 2.33. The fourth-order valence-electron chi connectivity index (χ4n) is 3.87. The number of nitrogens with zero attached hydrogens (tertiary/aromatic N) is 6. The summed E-state index contributed by atoms with van der Waals surface area (Å²) < 4.78 is 28.8. The molecular formula is C23H19ClN6O4S2. The van der Waals surface area contributed by atoms with Crippen LogP contribution < -0.4 is 0 Å². The number of pyridine rings is 1. The lowest BCUT2D eigenvalue weighted by Crippen LogP contribution is -2.50. The molecule has 0 aliphatic carbocycles. The molecule has 3 aromatic heterocycles. The summed E-state index contributed by atoms with van der Waals surface area (Å²) in [7, 11) is -3.69. The Bertz CT molecular complexity index is 1550. The Balaban J connectivity index is 1.25. The first-order chi connectivity index (χ1) is 17.3. The average Bonchev–Trinajstić information content (AvgIpc) is 3.33. The first kappa shape index (κ1) is 24.4. The first-order valence-electron chi connectivity index (χ1n) is 10.9. The van der Waals surface area contributed by atoms with Crippen LogP contribution in [0.3, 0.4) is 0 Å². The number of amides is 1. The number of hydrogen-bond donors (Lipinski definition) is 0. The number of fused-ring (bicyclic) bond motifs is 1. The summed E-state index contributed by atoms with van der Waals surface area (Å²) in [6, 6.07) is 12.1. The van der Waals surface area contributed by atoms with Crippen LogP contribution in [0, 0.1) is 4.91 Å². The zero-order chi connectivity index (χ0) is 25.3. The molecule has 0 unspecified atom stereocenters. The van der Waals surface area contributed by atoms with E-state index in [0.29, 0.717) is 22.0 Å². The monoisotopic (exact) mass is 542 g/mol. The normalized spacial score (nSPS) is 14.8. The van der Waals surface area contributed by atoms with E-state index in [4.69, 9.17) is 11.6 Å². The number of thiophene rings is 1. The molecule has 0 bridgehead atoms. The number of sulfonamides is 1. The zero-order valence-corrected chi connectivity index (χ0v) is 21.1. The van der Waals surface area contributed by atoms with Crippen molar-refractivity contribution in [2.24, 2.45) is 5.18 Å². The van der Waals surface area contributed by atoms with Gasteiger partial charge < -0.3 is 4.90 Å². The van der Waals surface area contributed by atoms with Gasteiger partial charge in [0.1, 0.15) is 10.8 Å². The van der Waals surface area contributed by atoms with Crippen molar-refractivity contribution in [2.75, 3.05) is 26.2 Å². The summed E-state index contributed by atoms with van der Waals surface area (Å²) in [6.45, 7) is 0.750. The predicted molar refractivity (Wildman–Crippen MR) is 136 cm³/mol. The van der Waals surface area contributed by atoms with Gasteiger partial charge in [0.2, 0.25) is 5.82 Å². The molecule has 1 amide bonds. The molecule has 1 aliphatic heterocycles. The molecule has 1 fully saturated rings. The molecule has 1 aromatic carbocycles. The summed E-state index contributed by atoms with van der Waals surface area (Å²) in [4.78, 5) is 37.7. The smallest absolute Gasteiger partial charge is 0.291 e. The Labute approximate surface area is 215 Å². The van der Waals surface area contributed by atoms with Gasteiger partial charge in [0.05, 0.1) is 11.4 Å². The second-order valence-electron chi connectivity index (χ2n) is 8.04. The number of carbonyl (C=O) groups is 1. The topological polar surface area (TPSA) is 126 Å². The van der Waals surface area contributed by atoms with Gasteiger partial charge in [0.15, 0.2) is 0 Å². The van der Waals surface area contributed by atoms with E-state index in [2.05, 4.69) is 20.1 Å². The van der Waals surface area contributed by atoms with Crippen LogP contribution in [0.25, 0.3) is 21.3 Å². The van der Waals surface area contributed by atoms with Crippen LogP contribution in [-0.4, -0.2) is 64.7 Å². The van der Waals surface area contributed by atoms with E-state index < -0.39 is 10.0 Å². The summed E-state index contributed by atoms with van der Waals surface area (Å²) >= 11 is 7.21. The highest BCUT2D eigenvalue weighted by atomic mass is 35.5. The molecular weight excluding hydrogens is 524 g/mol. The van der Waals surface area contributed by atoms with Crippen LogP contribution >= 0.6 is 22.9 Å². The van der Waals surface area contributed by atoms with Gasteiger partial charge >= 0.3 is 0 Å². The third-order valence-corrected chi connectivity index (χ3v) is 9.43. The molecule has 0 radical (unpaired) electrons. The standard InChI is InChI=1S/C23H19ClN6O4S2/c24-17-5-4-15-10-21(35-20(15)11-17)36(33,34)30-8-6-29(7-9-30)23(31)22-25-12-16(13-26-22)19-3-1-2-18(28-19)14-27-32/h1-5,10-13H,6-9,14H2. The number of halogens is 1. The molecule has 36 heavy (non-hydrogen) atoms. The van der Waals surface area contributed by atoms with E-state index in [1.165, 1.54) is 28.0 Å². The van der Waals surface area contributed by atoms with Gasteiger partial charge in [0.25, 0.3) is 15.9 Å². The van der Waals surface area contributed by atoms with Crippen molar-refractivity contribution in [3.8, 4) is 11.3 Å². The number of hydrogen-bond acceptors (Lipinski definition) is 9. The summed E-state index contributed by atoms with van der Waals surface area (Å²) in [5.41, 5.74) is 1.69. The largest absolute Gasteiger partial charge is 0.333 e. The third kappa shape index (κ3) is 4.85. The van der Waals surface area contributed by atoms with E-state index in [-0.39, 0.29) is 48.7 Å². The molecule has 4 heterocycles. The Morgan fingerprint density at radius 2 is 1.81 bits per heavy atom. The van der Waals surface area contributed by atoms with Crippen LogP contribution in [0.15, 0.2) is 64.2 Å². The van der Waals surface area contributed by atoms with Gasteiger partial charge in [-0.1, -0.05) is 28.9 Å². The number of nitroso groups, excluding NO2 is 1. The lowest BCUT2D eigenvalue weighted by Gasteiger charge is -2.33. The van der Waals surface area contributed by atoms with Crippen molar-refractivity contribution < 1.29 is 13.2 Å². The second kappa shape index (κ2) is 9.97. The fraction of sp³-hybridized carbons (Fsp3) is 0.217. The number of aromatic nitrogens is 3. The van der Waals surface area contributed by atoms with E-state index in [1.54, 1.807) is 47.4 Å². The quantitative estimate of drug-likeness (QED) is 0.339. The first-order valence-corrected chi connectivity index (χ1v) is 13.5. The molecule has 0 spiro atoms. The lowest BCUT2D eigenvalue weighted by molar-refractivity contribution is 0.0685. The van der Waals surface area contributed by atoms with Crippen LogP contribution in [-0.2, 0) is 16.6 Å². The number of carbonyl (C=O) groups excluding carboxylic acids is 1. The Kier molecular flexibility index (Phi) is 6.75. The van der Waals surface area contributed by atoms with Gasteiger partial charge in [-0.3, -0.25) is 9.78 Å². The minimum Gasteiger partial charge on any atom is -0.333 e. The van der Waals surface area contributed by atoms with Crippen molar-refractivity contribution in [3.05, 3.63) is 76.3 Å². The third-order valence-electron chi connectivity index (χ3n) is 5.75. The highest BCUT2D eigenvalue weighted by Gasteiger charge is 2.32. The molecule has 0 atom stereocenters. The maximum Gasteiger partial charge on any atom is 0.291 e. The number of rotatable bonds is 6. The SMILES string of the molecule is O=NCc1cccc(-c2cnc(C(=O)N3CCN(S(=O)(=O)c4cc5ccc(Cl)cc5s4)CC3)nc2)n1. The molecule has 184 valence electrons. The van der Waals surface area contributed by atoms with Gasteiger partial charge in [-0.15, -0.1) is 11.3 Å². The maximum absolute atomic E-state index is 13.2. The molecule has 10 nitrogen and oxygen atoms in total. The maximum atomic E-state index is 13.2. The van der Waals surface area contributed by atoms with Crippen molar-refractivity contribution in [1.29, 1.82) is 0 Å². The minimum atomic E-state index is -3.69. The van der Waals surface area contributed by atoms with Gasteiger partial charge in [-0.25, -0.2) is 18.4 Å². The van der Waals surface area contributed by atoms with Crippen molar-refractivity contribution in [1.82, 2.24) is 24.2 Å². The molecule has 13 heteroatoms. The molecule has 0 N–H and O–H groups in total. The Morgan fingerprint density at radius 1 is 1.06 bits per heavy atom. The summed E-state index contributed by atoms with van der Waals surface area (Å²) in [5.74, 6) is -0.357. The number of piperazine rings is 1. The number of benzene rings is 1.